The van der Waals surface area contributed by atoms with Crippen LogP contribution in [-0.2, 0) is 4.79 Å². The zero-order chi connectivity index (χ0) is 17.2. The minimum Gasteiger partial charge on any atom is -0.361 e. The zero-order valence-corrected chi connectivity index (χ0v) is 14.9. The summed E-state index contributed by atoms with van der Waals surface area (Å²) in [7, 11) is 0. The highest BCUT2D eigenvalue weighted by Gasteiger charge is 2.25. The van der Waals surface area contributed by atoms with Gasteiger partial charge in [-0.25, -0.2) is 0 Å². The molecule has 0 saturated heterocycles. The molecule has 0 bridgehead atoms. The lowest BCUT2D eigenvalue weighted by molar-refractivity contribution is -0.113. The van der Waals surface area contributed by atoms with Gasteiger partial charge in [-0.2, -0.15) is 0 Å². The minimum atomic E-state index is -0.371. The fourth-order valence-corrected chi connectivity index (χ4v) is 3.58. The van der Waals surface area contributed by atoms with E-state index in [-0.39, 0.29) is 11.6 Å². The summed E-state index contributed by atoms with van der Waals surface area (Å²) in [4.78, 5) is 17.0. The largest absolute Gasteiger partial charge is 0.361 e. The predicted octanol–water partition coefficient (Wildman–Crippen LogP) is 4.28. The molecule has 0 fully saturated rings. The Kier molecular flexibility index (Phi) is 4.62. The Labute approximate surface area is 146 Å². The first-order valence-electron chi connectivity index (χ1n) is 7.90. The zero-order valence-electron chi connectivity index (χ0n) is 14.1. The Bertz CT molecular complexity index is 799. The van der Waals surface area contributed by atoms with Crippen LogP contribution in [0.4, 0.5) is 11.4 Å². The van der Waals surface area contributed by atoms with Gasteiger partial charge in [-0.1, -0.05) is 42.1 Å². The second-order valence-corrected chi connectivity index (χ2v) is 7.32. The molecule has 2 aromatic rings. The van der Waals surface area contributed by atoms with Crippen molar-refractivity contribution in [2.75, 3.05) is 16.4 Å². The number of amides is 1. The summed E-state index contributed by atoms with van der Waals surface area (Å²) in [6.45, 7) is 6.06. The molecule has 2 N–H and O–H groups in total. The van der Waals surface area contributed by atoms with Crippen LogP contribution in [0, 0.1) is 6.92 Å². The molecule has 0 saturated carbocycles. The quantitative estimate of drug-likeness (QED) is 0.878. The number of benzene rings is 2. The molecule has 124 valence electrons. The van der Waals surface area contributed by atoms with Gasteiger partial charge in [0, 0.05) is 16.9 Å². The Balaban J connectivity index is 1.69. The van der Waals surface area contributed by atoms with Crippen molar-refractivity contribution >= 4 is 34.1 Å². The number of carbonyl (C=O) groups excluding carboxylic acids is 1. The Morgan fingerprint density at radius 3 is 2.79 bits per heavy atom. The molecule has 0 unspecified atom stereocenters. The van der Waals surface area contributed by atoms with Gasteiger partial charge in [0.1, 0.15) is 10.7 Å². The fraction of sp³-hybridized carbons (Fsp3) is 0.263. The molecule has 1 amide bonds. The number of hydrogen-bond acceptors (Lipinski definition) is 4. The van der Waals surface area contributed by atoms with Gasteiger partial charge in [0.2, 0.25) is 5.91 Å². The maximum atomic E-state index is 12.2. The van der Waals surface area contributed by atoms with E-state index in [1.807, 2.05) is 69.3 Å². The molecule has 1 heterocycles. The SMILES string of the molecule is Cc1cccc(NC(=O)CSC2=NC(C)(C)Nc3ccccc32)c1. The molecule has 0 aromatic heterocycles. The van der Waals surface area contributed by atoms with Crippen molar-refractivity contribution < 1.29 is 4.79 Å². The summed E-state index contributed by atoms with van der Waals surface area (Å²) < 4.78 is 0. The van der Waals surface area contributed by atoms with Gasteiger partial charge < -0.3 is 10.6 Å². The summed E-state index contributed by atoms with van der Waals surface area (Å²) >= 11 is 1.47. The number of thioether (sulfide) groups is 1. The van der Waals surface area contributed by atoms with Gasteiger partial charge in [0.15, 0.2) is 0 Å². The lowest BCUT2D eigenvalue weighted by atomic mass is 10.1. The second-order valence-electron chi connectivity index (χ2n) is 6.35. The van der Waals surface area contributed by atoms with Crippen molar-refractivity contribution in [3.63, 3.8) is 0 Å². The fourth-order valence-electron chi connectivity index (χ4n) is 2.61. The highest BCUT2D eigenvalue weighted by molar-refractivity contribution is 8.15. The topological polar surface area (TPSA) is 53.5 Å². The monoisotopic (exact) mass is 339 g/mol. The molecular formula is C19H21N3OS. The standard InChI is InChI=1S/C19H21N3OS/c1-13-7-6-8-14(11-13)20-17(23)12-24-18-15-9-4-5-10-16(15)21-19(2,3)22-18/h4-11,21H,12H2,1-3H3,(H,20,23). The molecule has 2 aromatic carbocycles. The number of anilines is 2. The van der Waals surface area contributed by atoms with Crippen LogP contribution < -0.4 is 10.6 Å². The number of carbonyl (C=O) groups is 1. The summed E-state index contributed by atoms with van der Waals surface area (Å²) in [6, 6.07) is 15.9. The maximum absolute atomic E-state index is 12.2. The van der Waals surface area contributed by atoms with Crippen molar-refractivity contribution in [1.29, 1.82) is 0 Å². The molecule has 1 aliphatic rings. The summed E-state index contributed by atoms with van der Waals surface area (Å²) in [5.74, 6) is 0.305. The molecule has 0 atom stereocenters. The first-order chi connectivity index (χ1) is 11.4. The lowest BCUT2D eigenvalue weighted by Crippen LogP contribution is -2.34. The van der Waals surface area contributed by atoms with Crippen molar-refractivity contribution in [3.05, 3.63) is 59.7 Å². The average Bonchev–Trinajstić information content (AvgIpc) is 2.51. The number of para-hydroxylation sites is 1. The minimum absolute atomic E-state index is 0.0258. The Hall–Kier alpha value is -2.27. The van der Waals surface area contributed by atoms with E-state index in [1.165, 1.54) is 11.8 Å². The van der Waals surface area contributed by atoms with Crippen LogP contribution in [0.3, 0.4) is 0 Å². The number of hydrogen-bond donors (Lipinski definition) is 2. The van der Waals surface area contributed by atoms with E-state index >= 15 is 0 Å². The van der Waals surface area contributed by atoms with E-state index < -0.39 is 0 Å². The summed E-state index contributed by atoms with van der Waals surface area (Å²) in [5.41, 5.74) is 3.68. The van der Waals surface area contributed by atoms with Crippen molar-refractivity contribution in [3.8, 4) is 0 Å². The number of aliphatic imine (C=N–C) groups is 1. The molecule has 0 aliphatic carbocycles. The maximum Gasteiger partial charge on any atom is 0.234 e. The third-order valence-electron chi connectivity index (χ3n) is 3.62. The molecule has 0 spiro atoms. The van der Waals surface area contributed by atoms with Crippen LogP contribution in [0.15, 0.2) is 53.5 Å². The van der Waals surface area contributed by atoms with Gasteiger partial charge in [-0.05, 0) is 44.5 Å². The molecule has 3 rings (SSSR count). The van der Waals surface area contributed by atoms with Gasteiger partial charge in [0.25, 0.3) is 0 Å². The number of nitrogens with zero attached hydrogens (tertiary/aromatic N) is 1. The molecule has 1 aliphatic heterocycles. The van der Waals surface area contributed by atoms with Crippen LogP contribution in [0.1, 0.15) is 25.0 Å². The predicted molar refractivity (Wildman–Crippen MR) is 103 cm³/mol. The van der Waals surface area contributed by atoms with Gasteiger partial charge in [0.05, 0.1) is 5.75 Å². The molecule has 0 radical (unpaired) electrons. The first-order valence-corrected chi connectivity index (χ1v) is 8.88. The van der Waals surface area contributed by atoms with Gasteiger partial charge in [-0.3, -0.25) is 9.79 Å². The van der Waals surface area contributed by atoms with Crippen LogP contribution in [0.25, 0.3) is 0 Å². The van der Waals surface area contributed by atoms with Gasteiger partial charge in [-0.15, -0.1) is 0 Å². The smallest absolute Gasteiger partial charge is 0.234 e. The third kappa shape index (κ3) is 3.97. The number of nitrogens with one attached hydrogen (secondary N) is 2. The molecule has 5 heteroatoms. The normalized spacial score (nSPS) is 15.0. The van der Waals surface area contributed by atoms with E-state index in [9.17, 15) is 4.79 Å². The second kappa shape index (κ2) is 6.69. The van der Waals surface area contributed by atoms with E-state index in [0.29, 0.717) is 5.75 Å². The average molecular weight is 339 g/mol. The molecular weight excluding hydrogens is 318 g/mol. The number of rotatable bonds is 3. The number of fused-ring (bicyclic) bond motifs is 1. The highest BCUT2D eigenvalue weighted by atomic mass is 32.2. The third-order valence-corrected chi connectivity index (χ3v) is 4.61. The van der Waals surface area contributed by atoms with Crippen LogP contribution in [0.2, 0.25) is 0 Å². The van der Waals surface area contributed by atoms with Crippen molar-refractivity contribution in [1.82, 2.24) is 0 Å². The van der Waals surface area contributed by atoms with E-state index in [2.05, 4.69) is 10.6 Å². The summed E-state index contributed by atoms with van der Waals surface area (Å²) in [6.07, 6.45) is 0. The number of aryl methyl sites for hydroxylation is 1. The van der Waals surface area contributed by atoms with Crippen LogP contribution in [-0.4, -0.2) is 22.4 Å². The lowest BCUT2D eigenvalue weighted by Gasteiger charge is -2.30. The summed E-state index contributed by atoms with van der Waals surface area (Å²) in [5, 5.41) is 7.23. The van der Waals surface area contributed by atoms with Crippen molar-refractivity contribution in [2.45, 2.75) is 26.4 Å². The molecule has 4 nitrogen and oxygen atoms in total. The first kappa shape index (κ1) is 16.6. The van der Waals surface area contributed by atoms with Crippen LogP contribution in [0.5, 0.6) is 0 Å². The molecule has 24 heavy (non-hydrogen) atoms. The Morgan fingerprint density at radius 1 is 1.21 bits per heavy atom. The van der Waals surface area contributed by atoms with E-state index in [1.54, 1.807) is 0 Å². The van der Waals surface area contributed by atoms with E-state index in [0.717, 1.165) is 27.5 Å². The Morgan fingerprint density at radius 2 is 2.00 bits per heavy atom. The van der Waals surface area contributed by atoms with E-state index in [4.69, 9.17) is 4.99 Å². The van der Waals surface area contributed by atoms with Crippen LogP contribution >= 0.6 is 11.8 Å². The highest BCUT2D eigenvalue weighted by Crippen LogP contribution is 2.31. The van der Waals surface area contributed by atoms with Gasteiger partial charge >= 0.3 is 0 Å². The van der Waals surface area contributed by atoms with Crippen molar-refractivity contribution in [2.24, 2.45) is 4.99 Å².